The molecule has 0 fully saturated rings. The summed E-state index contributed by atoms with van der Waals surface area (Å²) in [5.41, 5.74) is 0.0863. The highest BCUT2D eigenvalue weighted by Gasteiger charge is 2.30. The fourth-order valence-electron chi connectivity index (χ4n) is 2.39. The molecule has 118 valence electrons. The van der Waals surface area contributed by atoms with Crippen LogP contribution in [0, 0.1) is 10.1 Å². The number of aromatic nitrogens is 2. The van der Waals surface area contributed by atoms with Gasteiger partial charge in [0.05, 0.1) is 34.1 Å². The summed E-state index contributed by atoms with van der Waals surface area (Å²) < 4.78 is 39.7. The number of nitro groups is 1. The smallest absolute Gasteiger partial charge is 0.260 e. The molecule has 0 N–H and O–H groups in total. The molecule has 8 heteroatoms. The van der Waals surface area contributed by atoms with Crippen LogP contribution in [0.4, 0.5) is 18.9 Å². The first-order chi connectivity index (χ1) is 10.9. The van der Waals surface area contributed by atoms with E-state index in [4.69, 9.17) is 0 Å². The van der Waals surface area contributed by atoms with Gasteiger partial charge in [-0.15, -0.1) is 0 Å². The van der Waals surface area contributed by atoms with Crippen LogP contribution in [0.3, 0.4) is 0 Å². The number of fused-ring (bicyclic) bond motifs is 1. The molecule has 0 saturated carbocycles. The average molecular weight is 321 g/mol. The summed E-state index contributed by atoms with van der Waals surface area (Å²) in [5.74, 6) is 0. The standard InChI is InChI=1S/C15H10F3N3O2/c16-15(17,18)11-4-1-3-10(7-11)9-20-13-5-2-6-14(21(22)23)12(13)8-19-20/h1-8H,9H2. The van der Waals surface area contributed by atoms with E-state index in [0.29, 0.717) is 16.5 Å². The lowest BCUT2D eigenvalue weighted by Gasteiger charge is -2.09. The van der Waals surface area contributed by atoms with Crippen molar-refractivity contribution in [1.82, 2.24) is 9.78 Å². The number of alkyl halides is 3. The molecule has 0 atom stereocenters. The highest BCUT2D eigenvalue weighted by atomic mass is 19.4. The Kier molecular flexibility index (Phi) is 3.51. The number of hydrogen-bond donors (Lipinski definition) is 0. The summed E-state index contributed by atoms with van der Waals surface area (Å²) >= 11 is 0. The third kappa shape index (κ3) is 2.87. The van der Waals surface area contributed by atoms with Crippen molar-refractivity contribution < 1.29 is 18.1 Å². The molecule has 0 aliphatic carbocycles. The molecule has 0 saturated heterocycles. The number of hydrogen-bond acceptors (Lipinski definition) is 3. The van der Waals surface area contributed by atoms with E-state index in [2.05, 4.69) is 5.10 Å². The Hall–Kier alpha value is -2.90. The van der Waals surface area contributed by atoms with Gasteiger partial charge in [0, 0.05) is 6.07 Å². The van der Waals surface area contributed by atoms with E-state index in [1.165, 1.54) is 29.1 Å². The lowest BCUT2D eigenvalue weighted by Crippen LogP contribution is -2.07. The third-order valence-corrected chi connectivity index (χ3v) is 3.45. The summed E-state index contributed by atoms with van der Waals surface area (Å²) in [6, 6.07) is 9.44. The minimum absolute atomic E-state index is 0.0854. The zero-order valence-electron chi connectivity index (χ0n) is 11.6. The highest BCUT2D eigenvalue weighted by Crippen LogP contribution is 2.30. The van der Waals surface area contributed by atoms with Crippen molar-refractivity contribution >= 4 is 16.6 Å². The van der Waals surface area contributed by atoms with Crippen LogP contribution in [-0.2, 0) is 12.7 Å². The summed E-state index contributed by atoms with van der Waals surface area (Å²) in [6.45, 7) is 0.0919. The molecular formula is C15H10F3N3O2. The van der Waals surface area contributed by atoms with Crippen molar-refractivity contribution in [2.75, 3.05) is 0 Å². The van der Waals surface area contributed by atoms with Gasteiger partial charge >= 0.3 is 6.18 Å². The summed E-state index contributed by atoms with van der Waals surface area (Å²) in [7, 11) is 0. The van der Waals surface area contributed by atoms with Gasteiger partial charge in [0.15, 0.2) is 0 Å². The predicted molar refractivity (Wildman–Crippen MR) is 76.9 cm³/mol. The van der Waals surface area contributed by atoms with E-state index in [0.717, 1.165) is 12.1 Å². The number of nitro benzene ring substituents is 1. The number of benzene rings is 2. The molecule has 0 spiro atoms. The monoisotopic (exact) mass is 321 g/mol. The van der Waals surface area contributed by atoms with Gasteiger partial charge in [0.25, 0.3) is 5.69 Å². The van der Waals surface area contributed by atoms with Crippen molar-refractivity contribution in [1.29, 1.82) is 0 Å². The van der Waals surface area contributed by atoms with Gasteiger partial charge in [-0.1, -0.05) is 18.2 Å². The van der Waals surface area contributed by atoms with Crippen molar-refractivity contribution in [3.8, 4) is 0 Å². The molecule has 0 aliphatic heterocycles. The van der Waals surface area contributed by atoms with Crippen LogP contribution in [0.1, 0.15) is 11.1 Å². The van der Waals surface area contributed by atoms with Crippen LogP contribution < -0.4 is 0 Å². The predicted octanol–water partition coefficient (Wildman–Crippen LogP) is 4.01. The number of nitrogens with zero attached hydrogens (tertiary/aromatic N) is 3. The van der Waals surface area contributed by atoms with Gasteiger partial charge in [0.2, 0.25) is 0 Å². The Morgan fingerprint density at radius 3 is 2.61 bits per heavy atom. The zero-order valence-corrected chi connectivity index (χ0v) is 11.6. The van der Waals surface area contributed by atoms with Crippen LogP contribution >= 0.6 is 0 Å². The molecule has 5 nitrogen and oxygen atoms in total. The normalized spacial score (nSPS) is 11.8. The quantitative estimate of drug-likeness (QED) is 0.541. The second-order valence-electron chi connectivity index (χ2n) is 4.97. The largest absolute Gasteiger partial charge is 0.416 e. The van der Waals surface area contributed by atoms with Gasteiger partial charge in [0.1, 0.15) is 0 Å². The summed E-state index contributed by atoms with van der Waals surface area (Å²) in [5, 5.41) is 15.4. The van der Waals surface area contributed by atoms with E-state index in [1.54, 1.807) is 12.1 Å². The van der Waals surface area contributed by atoms with Gasteiger partial charge in [-0.2, -0.15) is 18.3 Å². The van der Waals surface area contributed by atoms with Crippen molar-refractivity contribution in [3.63, 3.8) is 0 Å². The third-order valence-electron chi connectivity index (χ3n) is 3.45. The fraction of sp³-hybridized carbons (Fsp3) is 0.133. The summed E-state index contributed by atoms with van der Waals surface area (Å²) in [6.07, 6.45) is -3.07. The molecule has 3 aromatic rings. The molecule has 0 aliphatic rings. The molecule has 0 unspecified atom stereocenters. The van der Waals surface area contributed by atoms with Gasteiger partial charge < -0.3 is 0 Å². The molecular weight excluding hydrogens is 311 g/mol. The topological polar surface area (TPSA) is 61.0 Å². The first kappa shape index (κ1) is 15.0. The van der Waals surface area contributed by atoms with E-state index in [9.17, 15) is 23.3 Å². The maximum atomic E-state index is 12.7. The maximum Gasteiger partial charge on any atom is 0.416 e. The minimum Gasteiger partial charge on any atom is -0.260 e. The van der Waals surface area contributed by atoms with Crippen LogP contribution in [0.2, 0.25) is 0 Å². The van der Waals surface area contributed by atoms with E-state index < -0.39 is 16.7 Å². The van der Waals surface area contributed by atoms with Crippen LogP contribution in [0.15, 0.2) is 48.7 Å². The van der Waals surface area contributed by atoms with Gasteiger partial charge in [-0.25, -0.2) is 0 Å². The Balaban J connectivity index is 2.00. The van der Waals surface area contributed by atoms with E-state index in [1.807, 2.05) is 0 Å². The molecule has 0 bridgehead atoms. The Bertz CT molecular complexity index is 887. The van der Waals surface area contributed by atoms with Gasteiger partial charge in [-0.05, 0) is 23.8 Å². The molecule has 2 aromatic carbocycles. The molecule has 0 amide bonds. The van der Waals surface area contributed by atoms with E-state index in [-0.39, 0.29) is 12.2 Å². The Morgan fingerprint density at radius 2 is 1.91 bits per heavy atom. The van der Waals surface area contributed by atoms with Crippen LogP contribution in [0.25, 0.3) is 10.9 Å². The number of halogens is 3. The highest BCUT2D eigenvalue weighted by molar-refractivity contribution is 5.87. The van der Waals surface area contributed by atoms with Gasteiger partial charge in [-0.3, -0.25) is 14.8 Å². The second kappa shape index (κ2) is 5.38. The Labute approximate surface area is 128 Å². The van der Waals surface area contributed by atoms with Crippen molar-refractivity contribution in [2.45, 2.75) is 12.7 Å². The lowest BCUT2D eigenvalue weighted by atomic mass is 10.1. The SMILES string of the molecule is O=[N+]([O-])c1cccc2c1cnn2Cc1cccc(C(F)(F)F)c1. The molecule has 23 heavy (non-hydrogen) atoms. The first-order valence-corrected chi connectivity index (χ1v) is 6.61. The van der Waals surface area contributed by atoms with Crippen LogP contribution in [0.5, 0.6) is 0 Å². The van der Waals surface area contributed by atoms with Crippen molar-refractivity contribution in [2.24, 2.45) is 0 Å². The maximum absolute atomic E-state index is 12.7. The summed E-state index contributed by atoms with van der Waals surface area (Å²) in [4.78, 5) is 10.5. The second-order valence-corrected chi connectivity index (χ2v) is 4.97. The van der Waals surface area contributed by atoms with Crippen LogP contribution in [-0.4, -0.2) is 14.7 Å². The number of non-ortho nitro benzene ring substituents is 1. The minimum atomic E-state index is -4.42. The molecule has 1 aromatic heterocycles. The fourth-order valence-corrected chi connectivity index (χ4v) is 2.39. The number of rotatable bonds is 3. The first-order valence-electron chi connectivity index (χ1n) is 6.61. The average Bonchev–Trinajstić information content (AvgIpc) is 2.90. The van der Waals surface area contributed by atoms with Crippen molar-refractivity contribution in [3.05, 3.63) is 69.9 Å². The molecule has 3 rings (SSSR count). The Morgan fingerprint density at radius 1 is 1.17 bits per heavy atom. The molecule has 0 radical (unpaired) electrons. The van der Waals surface area contributed by atoms with E-state index >= 15 is 0 Å². The molecule has 1 heterocycles. The lowest BCUT2D eigenvalue weighted by molar-refractivity contribution is -0.383. The zero-order chi connectivity index (χ0) is 16.6.